The van der Waals surface area contributed by atoms with Crippen LogP contribution in [0, 0.1) is 5.92 Å². The lowest BCUT2D eigenvalue weighted by atomic mass is 9.98. The number of rotatable bonds is 5. The van der Waals surface area contributed by atoms with Crippen molar-refractivity contribution in [2.45, 2.75) is 45.2 Å². The van der Waals surface area contributed by atoms with Crippen LogP contribution in [0.2, 0.25) is 0 Å². The third-order valence-electron chi connectivity index (χ3n) is 3.24. The molecule has 94 valence electrons. The largest absolute Gasteiger partial charge is 0.468 e. The highest BCUT2D eigenvalue weighted by Crippen LogP contribution is 2.19. The third kappa shape index (κ3) is 3.98. The predicted molar refractivity (Wildman–Crippen MR) is 68.7 cm³/mol. The van der Waals surface area contributed by atoms with Crippen LogP contribution in [-0.4, -0.2) is 36.7 Å². The first-order chi connectivity index (χ1) is 7.69. The molecule has 1 saturated heterocycles. The Kier molecular flexibility index (Phi) is 6.21. The Balaban J connectivity index is 2.51. The summed E-state index contributed by atoms with van der Waals surface area (Å²) in [5, 5.41) is 3.46. The standard InChI is InChI=1S/C12H23NO2S/c1-4-9(2)11(12(14)15-3)13-10-6-5-7-16-8-10/h9-11,13H,4-8H2,1-3H3. The molecule has 1 N–H and O–H groups in total. The molecule has 4 heteroatoms. The van der Waals surface area contributed by atoms with E-state index in [1.54, 1.807) is 0 Å². The molecule has 0 aromatic carbocycles. The van der Waals surface area contributed by atoms with E-state index in [9.17, 15) is 4.79 Å². The summed E-state index contributed by atoms with van der Waals surface area (Å²) >= 11 is 1.97. The molecule has 0 aliphatic carbocycles. The minimum absolute atomic E-state index is 0.120. The lowest BCUT2D eigenvalue weighted by molar-refractivity contribution is -0.144. The van der Waals surface area contributed by atoms with E-state index in [0.717, 1.165) is 12.2 Å². The van der Waals surface area contributed by atoms with Crippen molar-refractivity contribution in [3.63, 3.8) is 0 Å². The van der Waals surface area contributed by atoms with Gasteiger partial charge in [0.05, 0.1) is 7.11 Å². The molecule has 1 fully saturated rings. The van der Waals surface area contributed by atoms with Crippen LogP contribution in [0.5, 0.6) is 0 Å². The van der Waals surface area contributed by atoms with E-state index in [1.807, 2.05) is 11.8 Å². The fourth-order valence-corrected chi connectivity index (χ4v) is 3.04. The molecule has 3 unspecified atom stereocenters. The summed E-state index contributed by atoms with van der Waals surface area (Å²) in [6.07, 6.45) is 3.42. The number of carbonyl (C=O) groups is 1. The van der Waals surface area contributed by atoms with E-state index in [4.69, 9.17) is 4.74 Å². The van der Waals surface area contributed by atoms with Crippen LogP contribution < -0.4 is 5.32 Å². The van der Waals surface area contributed by atoms with E-state index >= 15 is 0 Å². The number of thioether (sulfide) groups is 1. The summed E-state index contributed by atoms with van der Waals surface area (Å²) < 4.78 is 4.87. The monoisotopic (exact) mass is 245 g/mol. The Hall–Kier alpha value is -0.220. The smallest absolute Gasteiger partial charge is 0.323 e. The number of carbonyl (C=O) groups excluding carboxylic acids is 1. The van der Waals surface area contributed by atoms with Gasteiger partial charge in [0.15, 0.2) is 0 Å². The van der Waals surface area contributed by atoms with Gasteiger partial charge >= 0.3 is 5.97 Å². The zero-order chi connectivity index (χ0) is 12.0. The summed E-state index contributed by atoms with van der Waals surface area (Å²) in [6, 6.07) is 0.329. The van der Waals surface area contributed by atoms with Gasteiger partial charge in [-0.3, -0.25) is 4.79 Å². The fraction of sp³-hybridized carbons (Fsp3) is 0.917. The number of ether oxygens (including phenoxy) is 1. The maximum atomic E-state index is 11.7. The second kappa shape index (κ2) is 7.17. The second-order valence-corrected chi connectivity index (χ2v) is 5.62. The highest BCUT2D eigenvalue weighted by atomic mass is 32.2. The Morgan fingerprint density at radius 2 is 2.38 bits per heavy atom. The highest BCUT2D eigenvalue weighted by Gasteiger charge is 2.27. The number of nitrogens with one attached hydrogen (secondary N) is 1. The predicted octanol–water partition coefficient (Wildman–Crippen LogP) is 2.06. The Morgan fingerprint density at radius 1 is 1.62 bits per heavy atom. The molecule has 16 heavy (non-hydrogen) atoms. The van der Waals surface area contributed by atoms with E-state index in [-0.39, 0.29) is 12.0 Å². The van der Waals surface area contributed by atoms with Gasteiger partial charge in [0.2, 0.25) is 0 Å². The topological polar surface area (TPSA) is 38.3 Å². The van der Waals surface area contributed by atoms with Crippen molar-refractivity contribution in [1.82, 2.24) is 5.32 Å². The molecule has 0 saturated carbocycles. The fourth-order valence-electron chi connectivity index (χ4n) is 1.95. The van der Waals surface area contributed by atoms with Crippen molar-refractivity contribution in [3.05, 3.63) is 0 Å². The van der Waals surface area contributed by atoms with Crippen molar-refractivity contribution in [3.8, 4) is 0 Å². The summed E-state index contributed by atoms with van der Waals surface area (Å²) in [6.45, 7) is 4.21. The molecule has 1 aliphatic heterocycles. The summed E-state index contributed by atoms with van der Waals surface area (Å²) in [5.41, 5.74) is 0. The Morgan fingerprint density at radius 3 is 2.88 bits per heavy atom. The van der Waals surface area contributed by atoms with Crippen LogP contribution in [0.4, 0.5) is 0 Å². The first-order valence-corrected chi connectivity index (χ1v) is 7.26. The maximum absolute atomic E-state index is 11.7. The van der Waals surface area contributed by atoms with Gasteiger partial charge in [-0.15, -0.1) is 0 Å². The summed E-state index contributed by atoms with van der Waals surface area (Å²) in [5.74, 6) is 2.58. The van der Waals surface area contributed by atoms with Gasteiger partial charge in [-0.1, -0.05) is 20.3 Å². The van der Waals surface area contributed by atoms with Crippen LogP contribution in [0.1, 0.15) is 33.1 Å². The SMILES string of the molecule is CCC(C)C(NC1CCCSC1)C(=O)OC. The number of methoxy groups -OCH3 is 1. The maximum Gasteiger partial charge on any atom is 0.323 e. The zero-order valence-electron chi connectivity index (χ0n) is 10.5. The lowest BCUT2D eigenvalue weighted by Crippen LogP contribution is -2.49. The van der Waals surface area contributed by atoms with Gasteiger partial charge in [-0.05, 0) is 24.5 Å². The summed E-state index contributed by atoms with van der Waals surface area (Å²) in [4.78, 5) is 11.7. The van der Waals surface area contributed by atoms with E-state index in [2.05, 4.69) is 19.2 Å². The molecule has 1 heterocycles. The van der Waals surface area contributed by atoms with Crippen LogP contribution in [0.25, 0.3) is 0 Å². The normalized spacial score (nSPS) is 24.8. The molecule has 3 atom stereocenters. The molecular weight excluding hydrogens is 222 g/mol. The molecule has 1 aliphatic rings. The van der Waals surface area contributed by atoms with Crippen LogP contribution >= 0.6 is 11.8 Å². The first kappa shape index (κ1) is 13.8. The average Bonchev–Trinajstić information content (AvgIpc) is 2.35. The van der Waals surface area contributed by atoms with Crippen molar-refractivity contribution < 1.29 is 9.53 Å². The number of esters is 1. The molecule has 0 amide bonds. The molecule has 3 nitrogen and oxygen atoms in total. The molecular formula is C12H23NO2S. The van der Waals surface area contributed by atoms with Crippen LogP contribution in [-0.2, 0) is 9.53 Å². The van der Waals surface area contributed by atoms with E-state index in [0.29, 0.717) is 12.0 Å². The van der Waals surface area contributed by atoms with Gasteiger partial charge in [0, 0.05) is 11.8 Å². The molecule has 0 aromatic rings. The lowest BCUT2D eigenvalue weighted by Gasteiger charge is -2.29. The third-order valence-corrected chi connectivity index (χ3v) is 4.46. The van der Waals surface area contributed by atoms with Gasteiger partial charge in [-0.25, -0.2) is 0 Å². The first-order valence-electron chi connectivity index (χ1n) is 6.10. The van der Waals surface area contributed by atoms with E-state index < -0.39 is 0 Å². The second-order valence-electron chi connectivity index (χ2n) is 4.47. The minimum atomic E-state index is -0.140. The van der Waals surface area contributed by atoms with E-state index in [1.165, 1.54) is 25.7 Å². The molecule has 0 bridgehead atoms. The highest BCUT2D eigenvalue weighted by molar-refractivity contribution is 7.99. The van der Waals surface area contributed by atoms with Crippen LogP contribution in [0.3, 0.4) is 0 Å². The van der Waals surface area contributed by atoms with Crippen molar-refractivity contribution in [2.75, 3.05) is 18.6 Å². The van der Waals surface area contributed by atoms with Crippen LogP contribution in [0.15, 0.2) is 0 Å². The molecule has 0 aromatic heterocycles. The quantitative estimate of drug-likeness (QED) is 0.753. The number of hydrogen-bond donors (Lipinski definition) is 1. The van der Waals surface area contributed by atoms with Gasteiger partial charge in [0.1, 0.15) is 6.04 Å². The summed E-state index contributed by atoms with van der Waals surface area (Å²) in [7, 11) is 1.47. The molecule has 0 spiro atoms. The number of hydrogen-bond acceptors (Lipinski definition) is 4. The average molecular weight is 245 g/mol. The van der Waals surface area contributed by atoms with Crippen molar-refractivity contribution >= 4 is 17.7 Å². The Labute approximate surface area is 103 Å². The van der Waals surface area contributed by atoms with Gasteiger partial charge in [0.25, 0.3) is 0 Å². The minimum Gasteiger partial charge on any atom is -0.468 e. The van der Waals surface area contributed by atoms with Gasteiger partial charge in [-0.2, -0.15) is 11.8 Å². The van der Waals surface area contributed by atoms with Crippen molar-refractivity contribution in [1.29, 1.82) is 0 Å². The molecule has 0 radical (unpaired) electrons. The molecule has 1 rings (SSSR count). The Bertz CT molecular complexity index is 217. The van der Waals surface area contributed by atoms with Crippen molar-refractivity contribution in [2.24, 2.45) is 5.92 Å². The van der Waals surface area contributed by atoms with Gasteiger partial charge < -0.3 is 10.1 Å². The zero-order valence-corrected chi connectivity index (χ0v) is 11.3.